The lowest BCUT2D eigenvalue weighted by Crippen LogP contribution is -2.54. The molecule has 0 aromatic rings. The van der Waals surface area contributed by atoms with Gasteiger partial charge >= 0.3 is 6.18 Å². The van der Waals surface area contributed by atoms with Crippen LogP contribution in [0.15, 0.2) is 0 Å². The van der Waals surface area contributed by atoms with E-state index in [-0.39, 0.29) is 11.9 Å². The molecule has 0 aromatic heterocycles. The van der Waals surface area contributed by atoms with Crippen molar-refractivity contribution in [3.05, 3.63) is 0 Å². The van der Waals surface area contributed by atoms with Gasteiger partial charge in [0.2, 0.25) is 5.91 Å². The van der Waals surface area contributed by atoms with Crippen LogP contribution in [-0.2, 0) is 4.79 Å². The Morgan fingerprint density at radius 3 is 2.10 bits per heavy atom. The van der Waals surface area contributed by atoms with Crippen molar-refractivity contribution >= 4 is 5.91 Å². The monoisotopic (exact) mass is 308 g/mol. The van der Waals surface area contributed by atoms with E-state index >= 15 is 0 Å². The third-order valence-electron chi connectivity index (χ3n) is 4.68. The predicted molar refractivity (Wildman–Crippen MR) is 77.0 cm³/mol. The van der Waals surface area contributed by atoms with E-state index in [1.165, 1.54) is 0 Å². The lowest BCUT2D eigenvalue weighted by Gasteiger charge is -2.42. The Morgan fingerprint density at radius 2 is 1.71 bits per heavy atom. The molecule has 0 radical (unpaired) electrons. The van der Waals surface area contributed by atoms with E-state index in [9.17, 15) is 18.0 Å². The number of amides is 1. The van der Waals surface area contributed by atoms with Crippen molar-refractivity contribution in [2.75, 3.05) is 19.6 Å². The van der Waals surface area contributed by atoms with E-state index in [1.54, 1.807) is 0 Å². The molecule has 6 heteroatoms. The molecule has 1 heterocycles. The number of carbonyl (C=O) groups is 1. The molecule has 0 aliphatic carbocycles. The van der Waals surface area contributed by atoms with E-state index in [0.717, 1.165) is 4.90 Å². The van der Waals surface area contributed by atoms with Crippen LogP contribution in [0.25, 0.3) is 0 Å². The van der Waals surface area contributed by atoms with Gasteiger partial charge in [0.1, 0.15) is 6.54 Å². The summed E-state index contributed by atoms with van der Waals surface area (Å²) < 4.78 is 38.7. The summed E-state index contributed by atoms with van der Waals surface area (Å²) in [6, 6.07) is -0.336. The second-order valence-electron chi connectivity index (χ2n) is 5.90. The van der Waals surface area contributed by atoms with Crippen molar-refractivity contribution < 1.29 is 18.0 Å². The van der Waals surface area contributed by atoms with Crippen molar-refractivity contribution in [3.8, 4) is 0 Å². The summed E-state index contributed by atoms with van der Waals surface area (Å²) >= 11 is 0. The SMILES string of the molecule is CCC(CC)N(CC(F)(F)F)C(=O)C1(CC)CCNCC1. The summed E-state index contributed by atoms with van der Waals surface area (Å²) in [5.41, 5.74) is -0.626. The molecular formula is C15H27F3N2O. The minimum absolute atomic E-state index is 0.308. The number of hydrogen-bond donors (Lipinski definition) is 1. The largest absolute Gasteiger partial charge is 0.406 e. The van der Waals surface area contributed by atoms with Crippen LogP contribution >= 0.6 is 0 Å². The lowest BCUT2D eigenvalue weighted by atomic mass is 9.75. The Morgan fingerprint density at radius 1 is 1.19 bits per heavy atom. The number of halogens is 3. The average Bonchev–Trinajstić information content (AvgIpc) is 2.46. The van der Waals surface area contributed by atoms with Gasteiger partial charge in [0, 0.05) is 6.04 Å². The Bertz CT molecular complexity index is 334. The molecular weight excluding hydrogens is 281 g/mol. The normalized spacial score (nSPS) is 18.8. The average molecular weight is 308 g/mol. The molecule has 0 aromatic carbocycles. The molecule has 3 nitrogen and oxygen atoms in total. The van der Waals surface area contributed by atoms with Crippen molar-refractivity contribution in [1.29, 1.82) is 0 Å². The molecule has 0 bridgehead atoms. The maximum absolute atomic E-state index is 12.9. The lowest BCUT2D eigenvalue weighted by molar-refractivity contribution is -0.174. The maximum atomic E-state index is 12.9. The molecule has 0 atom stereocenters. The van der Waals surface area contributed by atoms with Crippen molar-refractivity contribution in [3.63, 3.8) is 0 Å². The number of alkyl halides is 3. The zero-order valence-electron chi connectivity index (χ0n) is 13.2. The van der Waals surface area contributed by atoms with E-state index < -0.39 is 18.1 Å². The molecule has 1 fully saturated rings. The van der Waals surface area contributed by atoms with Gasteiger partial charge in [-0.25, -0.2) is 0 Å². The van der Waals surface area contributed by atoms with Crippen molar-refractivity contribution in [1.82, 2.24) is 10.2 Å². The first-order chi connectivity index (χ1) is 9.79. The fourth-order valence-corrected chi connectivity index (χ4v) is 3.22. The first kappa shape index (κ1) is 18.3. The zero-order valence-corrected chi connectivity index (χ0v) is 13.2. The summed E-state index contributed by atoms with van der Waals surface area (Å²) in [6.45, 7) is 5.84. The highest BCUT2D eigenvalue weighted by Crippen LogP contribution is 2.36. The minimum Gasteiger partial charge on any atom is -0.330 e. The molecule has 21 heavy (non-hydrogen) atoms. The van der Waals surface area contributed by atoms with Crippen LogP contribution in [0.3, 0.4) is 0 Å². The van der Waals surface area contributed by atoms with Crippen LogP contribution in [-0.4, -0.2) is 42.7 Å². The zero-order chi connectivity index (χ0) is 16.1. The van der Waals surface area contributed by atoms with E-state index in [0.29, 0.717) is 45.2 Å². The van der Waals surface area contributed by atoms with Gasteiger partial charge in [-0.15, -0.1) is 0 Å². The minimum atomic E-state index is -4.35. The molecule has 1 amide bonds. The van der Waals surface area contributed by atoms with Gasteiger partial charge < -0.3 is 10.2 Å². The molecule has 1 rings (SSSR count). The second kappa shape index (κ2) is 7.47. The first-order valence-electron chi connectivity index (χ1n) is 7.88. The Balaban J connectivity index is 3.02. The molecule has 1 aliphatic rings. The maximum Gasteiger partial charge on any atom is 0.406 e. The molecule has 1 aliphatic heterocycles. The van der Waals surface area contributed by atoms with E-state index in [2.05, 4.69) is 5.32 Å². The molecule has 0 unspecified atom stereocenters. The summed E-state index contributed by atoms with van der Waals surface area (Å²) in [5.74, 6) is -0.308. The van der Waals surface area contributed by atoms with Gasteiger partial charge in [-0.3, -0.25) is 4.79 Å². The Labute approximate surface area is 125 Å². The van der Waals surface area contributed by atoms with Gasteiger partial charge in [-0.1, -0.05) is 20.8 Å². The third-order valence-corrected chi connectivity index (χ3v) is 4.68. The van der Waals surface area contributed by atoms with Gasteiger partial charge in [0.05, 0.1) is 5.41 Å². The van der Waals surface area contributed by atoms with Gasteiger partial charge in [-0.05, 0) is 45.2 Å². The number of hydrogen-bond acceptors (Lipinski definition) is 2. The van der Waals surface area contributed by atoms with Crippen LogP contribution < -0.4 is 5.32 Å². The van der Waals surface area contributed by atoms with E-state index in [1.807, 2.05) is 20.8 Å². The number of carbonyl (C=O) groups excluding carboxylic acids is 1. The number of nitrogens with one attached hydrogen (secondary N) is 1. The highest BCUT2D eigenvalue weighted by atomic mass is 19.4. The molecule has 1 N–H and O–H groups in total. The summed E-state index contributed by atoms with van der Waals surface area (Å²) in [4.78, 5) is 14.0. The van der Waals surface area contributed by atoms with Gasteiger partial charge in [0.25, 0.3) is 0 Å². The number of rotatable bonds is 6. The number of nitrogens with zero attached hydrogens (tertiary/aromatic N) is 1. The highest BCUT2D eigenvalue weighted by Gasteiger charge is 2.45. The van der Waals surface area contributed by atoms with Crippen LogP contribution in [0.5, 0.6) is 0 Å². The predicted octanol–water partition coefficient (Wildman–Crippen LogP) is 3.35. The Kier molecular flexibility index (Phi) is 6.50. The second-order valence-corrected chi connectivity index (χ2v) is 5.90. The number of piperidine rings is 1. The van der Waals surface area contributed by atoms with Crippen LogP contribution in [0.4, 0.5) is 13.2 Å². The third kappa shape index (κ3) is 4.59. The molecule has 124 valence electrons. The topological polar surface area (TPSA) is 32.3 Å². The summed E-state index contributed by atoms with van der Waals surface area (Å²) in [5, 5.41) is 3.18. The van der Waals surface area contributed by atoms with Crippen LogP contribution in [0.2, 0.25) is 0 Å². The van der Waals surface area contributed by atoms with Gasteiger partial charge in [-0.2, -0.15) is 13.2 Å². The molecule has 1 saturated heterocycles. The molecule has 0 saturated carbocycles. The standard InChI is InChI=1S/C15H27F3N2O/c1-4-12(5-2)20(11-15(16,17)18)13(21)14(6-3)7-9-19-10-8-14/h12,19H,4-11H2,1-3H3. The fourth-order valence-electron chi connectivity index (χ4n) is 3.22. The Hall–Kier alpha value is -0.780. The van der Waals surface area contributed by atoms with Crippen LogP contribution in [0, 0.1) is 5.41 Å². The van der Waals surface area contributed by atoms with Crippen molar-refractivity contribution in [2.45, 2.75) is 65.1 Å². The van der Waals surface area contributed by atoms with Gasteiger partial charge in [0.15, 0.2) is 0 Å². The van der Waals surface area contributed by atoms with E-state index in [4.69, 9.17) is 0 Å². The summed E-state index contributed by atoms with van der Waals surface area (Å²) in [7, 11) is 0. The smallest absolute Gasteiger partial charge is 0.330 e. The fraction of sp³-hybridized carbons (Fsp3) is 0.933. The molecule has 0 spiro atoms. The van der Waals surface area contributed by atoms with Crippen LogP contribution in [0.1, 0.15) is 52.9 Å². The quantitative estimate of drug-likeness (QED) is 0.816. The highest BCUT2D eigenvalue weighted by molar-refractivity contribution is 5.83. The van der Waals surface area contributed by atoms with Crippen molar-refractivity contribution in [2.24, 2.45) is 5.41 Å². The first-order valence-corrected chi connectivity index (χ1v) is 7.88. The summed E-state index contributed by atoms with van der Waals surface area (Å²) in [6.07, 6.45) is -1.40.